The van der Waals surface area contributed by atoms with Crippen LogP contribution in [0.2, 0.25) is 0 Å². The highest BCUT2D eigenvalue weighted by Crippen LogP contribution is 2.06. The largest absolute Gasteiger partial charge is 0.444 e. The summed E-state index contributed by atoms with van der Waals surface area (Å²) in [6.07, 6.45) is -0.521. The Bertz CT molecular complexity index is 567. The first kappa shape index (κ1) is 19.5. The lowest BCUT2D eigenvalue weighted by molar-refractivity contribution is -0.126. The van der Waals surface area contributed by atoms with Gasteiger partial charge in [-0.1, -0.05) is 18.2 Å². The van der Waals surface area contributed by atoms with E-state index in [0.29, 0.717) is 5.69 Å². The lowest BCUT2D eigenvalue weighted by Gasteiger charge is -2.19. The van der Waals surface area contributed by atoms with Crippen LogP contribution in [0, 0.1) is 0 Å². The zero-order chi connectivity index (χ0) is 18.2. The fourth-order valence-electron chi connectivity index (χ4n) is 1.74. The van der Waals surface area contributed by atoms with E-state index in [1.54, 1.807) is 52.0 Å². The van der Waals surface area contributed by atoms with E-state index in [1.807, 2.05) is 6.07 Å². The van der Waals surface area contributed by atoms with E-state index in [9.17, 15) is 14.4 Å². The van der Waals surface area contributed by atoms with E-state index in [4.69, 9.17) is 4.74 Å². The number of alkyl carbamates (subject to hydrolysis) is 1. The van der Waals surface area contributed by atoms with Crippen molar-refractivity contribution >= 4 is 23.6 Å². The summed E-state index contributed by atoms with van der Waals surface area (Å²) in [5.41, 5.74) is 0.0753. The molecule has 0 aromatic heterocycles. The van der Waals surface area contributed by atoms with Crippen molar-refractivity contribution in [3.63, 3.8) is 0 Å². The summed E-state index contributed by atoms with van der Waals surface area (Å²) in [5.74, 6) is -0.642. The molecule has 132 valence electrons. The molecule has 0 radical (unpaired) electrons. The highest BCUT2D eigenvalue weighted by molar-refractivity contribution is 5.96. The van der Waals surface area contributed by atoms with E-state index >= 15 is 0 Å². The van der Waals surface area contributed by atoms with Crippen molar-refractivity contribution in [1.29, 1.82) is 0 Å². The normalized spacial score (nSPS) is 12.0. The molecule has 1 atom stereocenters. The van der Waals surface area contributed by atoms with Crippen molar-refractivity contribution in [3.8, 4) is 0 Å². The second-order valence-corrected chi connectivity index (χ2v) is 6.32. The fourth-order valence-corrected chi connectivity index (χ4v) is 1.74. The monoisotopic (exact) mass is 335 g/mol. The second kappa shape index (κ2) is 8.90. The molecule has 0 aliphatic rings. The highest BCUT2D eigenvalue weighted by Gasteiger charge is 2.17. The number of nitrogens with one attached hydrogen (secondary N) is 3. The number of carbonyl (C=O) groups excluding carboxylic acids is 3. The maximum Gasteiger partial charge on any atom is 0.407 e. The van der Waals surface area contributed by atoms with Crippen LogP contribution in [-0.4, -0.2) is 36.1 Å². The van der Waals surface area contributed by atoms with Crippen molar-refractivity contribution in [2.24, 2.45) is 0 Å². The first-order chi connectivity index (χ1) is 11.2. The molecule has 24 heavy (non-hydrogen) atoms. The number of anilines is 1. The molecule has 1 aromatic rings. The van der Waals surface area contributed by atoms with Crippen LogP contribution in [0.5, 0.6) is 0 Å². The van der Waals surface area contributed by atoms with Gasteiger partial charge in [0.05, 0.1) is 0 Å². The van der Waals surface area contributed by atoms with Gasteiger partial charge in [0.2, 0.25) is 11.8 Å². The molecule has 0 bridgehead atoms. The summed E-state index contributed by atoms with van der Waals surface area (Å²) in [6, 6.07) is 8.30. The van der Waals surface area contributed by atoms with Gasteiger partial charge < -0.3 is 20.7 Å². The van der Waals surface area contributed by atoms with Crippen LogP contribution in [0.3, 0.4) is 0 Å². The maximum atomic E-state index is 12.0. The Hall–Kier alpha value is -2.57. The molecule has 3 amide bonds. The Morgan fingerprint density at radius 1 is 1.12 bits per heavy atom. The van der Waals surface area contributed by atoms with Gasteiger partial charge in [-0.3, -0.25) is 9.59 Å². The van der Waals surface area contributed by atoms with E-state index in [-0.39, 0.29) is 24.8 Å². The zero-order valence-corrected chi connectivity index (χ0v) is 14.5. The van der Waals surface area contributed by atoms with Crippen LogP contribution in [-0.2, 0) is 14.3 Å². The summed E-state index contributed by atoms with van der Waals surface area (Å²) >= 11 is 0. The standard InChI is InChI=1S/C17H25N3O4/c1-12(15(22)20-13-8-6-5-7-9-13)19-14(21)10-11-18-16(23)24-17(2,3)4/h5-9,12H,10-11H2,1-4H3,(H,18,23)(H,19,21)(H,20,22)/t12-/m0/s1. The predicted octanol–water partition coefficient (Wildman–Crippen LogP) is 2.04. The van der Waals surface area contributed by atoms with Crippen LogP contribution in [0.1, 0.15) is 34.1 Å². The summed E-state index contributed by atoms with van der Waals surface area (Å²) in [5, 5.41) is 7.77. The molecule has 0 saturated heterocycles. The van der Waals surface area contributed by atoms with Gasteiger partial charge in [0.15, 0.2) is 0 Å². The van der Waals surface area contributed by atoms with Crippen molar-refractivity contribution in [1.82, 2.24) is 10.6 Å². The summed E-state index contributed by atoms with van der Waals surface area (Å²) in [7, 11) is 0. The molecule has 0 saturated carbocycles. The molecule has 7 nitrogen and oxygen atoms in total. The average molecular weight is 335 g/mol. The molecule has 0 aliphatic carbocycles. The average Bonchev–Trinajstić information content (AvgIpc) is 2.46. The molecule has 0 unspecified atom stereocenters. The minimum atomic E-state index is -0.681. The minimum Gasteiger partial charge on any atom is -0.444 e. The lowest BCUT2D eigenvalue weighted by atomic mass is 10.2. The number of para-hydroxylation sites is 1. The first-order valence-electron chi connectivity index (χ1n) is 7.79. The third-order valence-electron chi connectivity index (χ3n) is 2.83. The van der Waals surface area contributed by atoms with Gasteiger partial charge in [-0.2, -0.15) is 0 Å². The fraction of sp³-hybridized carbons (Fsp3) is 0.471. The first-order valence-corrected chi connectivity index (χ1v) is 7.79. The summed E-state index contributed by atoms with van der Waals surface area (Å²) < 4.78 is 5.06. The molecular weight excluding hydrogens is 310 g/mol. The van der Waals surface area contributed by atoms with E-state index in [1.165, 1.54) is 0 Å². The smallest absolute Gasteiger partial charge is 0.407 e. The van der Waals surface area contributed by atoms with Crippen LogP contribution in [0.15, 0.2) is 30.3 Å². The Morgan fingerprint density at radius 3 is 2.33 bits per heavy atom. The maximum absolute atomic E-state index is 12.0. The van der Waals surface area contributed by atoms with E-state index < -0.39 is 17.7 Å². The molecule has 1 aromatic carbocycles. The van der Waals surface area contributed by atoms with Gasteiger partial charge in [-0.05, 0) is 39.8 Å². The van der Waals surface area contributed by atoms with Gasteiger partial charge in [0.25, 0.3) is 0 Å². The predicted molar refractivity (Wildman–Crippen MR) is 91.5 cm³/mol. The third kappa shape index (κ3) is 8.17. The summed E-state index contributed by atoms with van der Waals surface area (Å²) in [4.78, 5) is 35.2. The van der Waals surface area contributed by atoms with Crippen LogP contribution < -0.4 is 16.0 Å². The molecule has 1 rings (SSSR count). The van der Waals surface area contributed by atoms with Crippen LogP contribution >= 0.6 is 0 Å². The Morgan fingerprint density at radius 2 is 1.75 bits per heavy atom. The molecular formula is C17H25N3O4. The summed E-state index contributed by atoms with van der Waals surface area (Å²) in [6.45, 7) is 7.00. The van der Waals surface area contributed by atoms with Crippen LogP contribution in [0.25, 0.3) is 0 Å². The highest BCUT2D eigenvalue weighted by atomic mass is 16.6. The number of carbonyl (C=O) groups is 3. The molecule has 0 heterocycles. The van der Waals surface area contributed by atoms with E-state index in [0.717, 1.165) is 0 Å². The second-order valence-electron chi connectivity index (χ2n) is 6.32. The van der Waals surface area contributed by atoms with Crippen LogP contribution in [0.4, 0.5) is 10.5 Å². The van der Waals surface area contributed by atoms with Gasteiger partial charge in [-0.15, -0.1) is 0 Å². The molecule has 7 heteroatoms. The number of amides is 3. The SMILES string of the molecule is C[C@H](NC(=O)CCNC(=O)OC(C)(C)C)C(=O)Nc1ccccc1. The third-order valence-corrected chi connectivity index (χ3v) is 2.83. The number of benzene rings is 1. The lowest BCUT2D eigenvalue weighted by Crippen LogP contribution is -2.43. The Kier molecular flexibility index (Phi) is 7.23. The number of hydrogen-bond acceptors (Lipinski definition) is 4. The Labute approximate surface area is 142 Å². The number of rotatable bonds is 6. The quantitative estimate of drug-likeness (QED) is 0.741. The number of ether oxygens (including phenoxy) is 1. The van der Waals surface area contributed by atoms with Crippen molar-refractivity contribution < 1.29 is 19.1 Å². The van der Waals surface area contributed by atoms with Gasteiger partial charge in [0.1, 0.15) is 11.6 Å². The van der Waals surface area contributed by atoms with Crippen molar-refractivity contribution in [2.75, 3.05) is 11.9 Å². The van der Waals surface area contributed by atoms with Crippen molar-refractivity contribution in [2.45, 2.75) is 45.8 Å². The molecule has 0 spiro atoms. The Balaban J connectivity index is 2.29. The zero-order valence-electron chi connectivity index (χ0n) is 14.5. The minimum absolute atomic E-state index is 0.0577. The molecule has 3 N–H and O–H groups in total. The van der Waals surface area contributed by atoms with Crippen molar-refractivity contribution in [3.05, 3.63) is 30.3 Å². The van der Waals surface area contributed by atoms with E-state index in [2.05, 4.69) is 16.0 Å². The van der Waals surface area contributed by atoms with Gasteiger partial charge in [0, 0.05) is 18.7 Å². The van der Waals surface area contributed by atoms with Gasteiger partial charge in [-0.25, -0.2) is 4.79 Å². The number of hydrogen-bond donors (Lipinski definition) is 3. The molecule has 0 aliphatic heterocycles. The van der Waals surface area contributed by atoms with Gasteiger partial charge >= 0.3 is 6.09 Å². The topological polar surface area (TPSA) is 96.5 Å². The molecule has 0 fully saturated rings.